The normalized spacial score (nSPS) is 14.0. The van der Waals surface area contributed by atoms with Crippen molar-refractivity contribution in [2.75, 3.05) is 0 Å². The third-order valence-electron chi connectivity index (χ3n) is 2.41. The van der Waals surface area contributed by atoms with Crippen molar-refractivity contribution in [1.29, 1.82) is 0 Å². The first-order valence-electron chi connectivity index (χ1n) is 5.06. The molecule has 0 aliphatic carbocycles. The SMILES string of the molecule is CCC[C@@H](O)[C@@H](N)c1c(F)ccc(Br)c1F.Cl. The van der Waals surface area contributed by atoms with Gasteiger partial charge in [0.25, 0.3) is 0 Å². The highest BCUT2D eigenvalue weighted by Crippen LogP contribution is 2.28. The highest BCUT2D eigenvalue weighted by atomic mass is 79.9. The van der Waals surface area contributed by atoms with E-state index < -0.39 is 23.8 Å². The van der Waals surface area contributed by atoms with Crippen LogP contribution in [0.4, 0.5) is 8.78 Å². The lowest BCUT2D eigenvalue weighted by atomic mass is 9.98. The van der Waals surface area contributed by atoms with E-state index in [1.54, 1.807) is 0 Å². The van der Waals surface area contributed by atoms with Gasteiger partial charge in [0.2, 0.25) is 0 Å². The fourth-order valence-corrected chi connectivity index (χ4v) is 1.86. The second-order valence-corrected chi connectivity index (χ2v) is 4.49. The Morgan fingerprint density at radius 2 is 2.00 bits per heavy atom. The summed E-state index contributed by atoms with van der Waals surface area (Å²) in [6, 6.07) is 1.35. The molecule has 0 fully saturated rings. The molecule has 0 aliphatic rings. The van der Waals surface area contributed by atoms with Crippen molar-refractivity contribution in [3.8, 4) is 0 Å². The van der Waals surface area contributed by atoms with Crippen LogP contribution in [-0.2, 0) is 0 Å². The topological polar surface area (TPSA) is 46.2 Å². The van der Waals surface area contributed by atoms with Gasteiger partial charge in [-0.25, -0.2) is 8.78 Å². The number of aliphatic hydroxyl groups is 1. The zero-order valence-corrected chi connectivity index (χ0v) is 11.7. The zero-order chi connectivity index (χ0) is 12.3. The van der Waals surface area contributed by atoms with Crippen LogP contribution in [0, 0.1) is 11.6 Å². The zero-order valence-electron chi connectivity index (χ0n) is 9.29. The quantitative estimate of drug-likeness (QED) is 0.832. The summed E-state index contributed by atoms with van der Waals surface area (Å²) in [5.74, 6) is -1.48. The first-order chi connectivity index (χ1) is 7.49. The fourth-order valence-electron chi connectivity index (χ4n) is 1.52. The first-order valence-corrected chi connectivity index (χ1v) is 5.85. The summed E-state index contributed by atoms with van der Waals surface area (Å²) in [4.78, 5) is 0. The fraction of sp³-hybridized carbons (Fsp3) is 0.455. The molecule has 2 nitrogen and oxygen atoms in total. The van der Waals surface area contributed by atoms with Crippen molar-refractivity contribution in [3.05, 3.63) is 33.8 Å². The van der Waals surface area contributed by atoms with Crippen molar-refractivity contribution in [1.82, 2.24) is 0 Å². The number of rotatable bonds is 4. The molecule has 1 aromatic carbocycles. The Labute approximate surface area is 114 Å². The minimum Gasteiger partial charge on any atom is -0.391 e. The second kappa shape index (κ2) is 7.26. The maximum atomic E-state index is 13.6. The van der Waals surface area contributed by atoms with Crippen LogP contribution in [0.5, 0.6) is 0 Å². The van der Waals surface area contributed by atoms with Gasteiger partial charge in [-0.3, -0.25) is 0 Å². The number of hydrogen-bond donors (Lipinski definition) is 2. The van der Waals surface area contributed by atoms with Crippen LogP contribution < -0.4 is 5.73 Å². The Hall–Kier alpha value is -0.230. The van der Waals surface area contributed by atoms with E-state index in [9.17, 15) is 13.9 Å². The average Bonchev–Trinajstić information content (AvgIpc) is 2.24. The monoisotopic (exact) mass is 329 g/mol. The molecule has 0 heterocycles. The number of aliphatic hydroxyl groups excluding tert-OH is 1. The van der Waals surface area contributed by atoms with Crippen LogP contribution in [0.3, 0.4) is 0 Å². The van der Waals surface area contributed by atoms with E-state index in [2.05, 4.69) is 15.9 Å². The van der Waals surface area contributed by atoms with Crippen molar-refractivity contribution >= 4 is 28.3 Å². The van der Waals surface area contributed by atoms with Crippen LogP contribution in [0.1, 0.15) is 31.4 Å². The van der Waals surface area contributed by atoms with Gasteiger partial charge in [-0.05, 0) is 34.5 Å². The van der Waals surface area contributed by atoms with Gasteiger partial charge in [0.05, 0.1) is 16.6 Å². The smallest absolute Gasteiger partial charge is 0.145 e. The molecular formula is C11H15BrClF2NO. The highest BCUT2D eigenvalue weighted by molar-refractivity contribution is 9.10. The molecule has 1 rings (SSSR count). The summed E-state index contributed by atoms with van der Waals surface area (Å²) < 4.78 is 27.2. The van der Waals surface area contributed by atoms with E-state index >= 15 is 0 Å². The third-order valence-corrected chi connectivity index (χ3v) is 3.02. The van der Waals surface area contributed by atoms with Gasteiger partial charge in [0.15, 0.2) is 0 Å². The molecule has 0 saturated heterocycles. The predicted molar refractivity (Wildman–Crippen MR) is 69.1 cm³/mol. The Balaban J connectivity index is 0.00000256. The summed E-state index contributed by atoms with van der Waals surface area (Å²) in [5.41, 5.74) is 5.38. The first kappa shape index (κ1) is 16.8. The molecular weight excluding hydrogens is 315 g/mol. The van der Waals surface area contributed by atoms with Gasteiger partial charge in [0, 0.05) is 5.56 Å². The average molecular weight is 331 g/mol. The molecule has 2 atom stereocenters. The lowest BCUT2D eigenvalue weighted by molar-refractivity contribution is 0.131. The molecule has 3 N–H and O–H groups in total. The number of benzene rings is 1. The van der Waals surface area contributed by atoms with Crippen molar-refractivity contribution < 1.29 is 13.9 Å². The summed E-state index contributed by atoms with van der Waals surface area (Å²) in [7, 11) is 0. The highest BCUT2D eigenvalue weighted by Gasteiger charge is 2.24. The van der Waals surface area contributed by atoms with Crippen molar-refractivity contribution in [3.63, 3.8) is 0 Å². The lowest BCUT2D eigenvalue weighted by Gasteiger charge is -2.20. The van der Waals surface area contributed by atoms with Gasteiger partial charge in [-0.15, -0.1) is 12.4 Å². The van der Waals surface area contributed by atoms with E-state index in [-0.39, 0.29) is 22.4 Å². The van der Waals surface area contributed by atoms with Gasteiger partial charge in [0.1, 0.15) is 11.6 Å². The van der Waals surface area contributed by atoms with E-state index in [1.807, 2.05) is 6.92 Å². The minimum absolute atomic E-state index is 0. The van der Waals surface area contributed by atoms with Crippen molar-refractivity contribution in [2.24, 2.45) is 5.73 Å². The van der Waals surface area contributed by atoms with Gasteiger partial charge >= 0.3 is 0 Å². The number of halogens is 4. The van der Waals surface area contributed by atoms with E-state index in [0.717, 1.165) is 6.07 Å². The molecule has 0 unspecified atom stereocenters. The molecule has 6 heteroatoms. The molecule has 0 aromatic heterocycles. The second-order valence-electron chi connectivity index (χ2n) is 3.64. The van der Waals surface area contributed by atoms with Gasteiger partial charge in [-0.1, -0.05) is 13.3 Å². The summed E-state index contributed by atoms with van der Waals surface area (Å²) >= 11 is 2.96. The van der Waals surface area contributed by atoms with E-state index in [4.69, 9.17) is 5.73 Å². The summed E-state index contributed by atoms with van der Waals surface area (Å²) in [6.07, 6.45) is 0.168. The van der Waals surface area contributed by atoms with Gasteiger partial charge < -0.3 is 10.8 Å². The maximum Gasteiger partial charge on any atom is 0.145 e. The lowest BCUT2D eigenvalue weighted by Crippen LogP contribution is -2.28. The standard InChI is InChI=1S/C11H14BrF2NO.ClH/c1-2-3-8(16)11(15)9-7(13)5-4-6(12)10(9)14;/h4-5,8,11,16H,2-3,15H2,1H3;1H/t8-,11-;/m1./s1. The van der Waals surface area contributed by atoms with Crippen LogP contribution in [0.25, 0.3) is 0 Å². The Bertz CT molecular complexity index is 379. The molecule has 0 spiro atoms. The predicted octanol–water partition coefficient (Wildman–Crippen LogP) is 3.31. The molecule has 0 radical (unpaired) electrons. The van der Waals surface area contributed by atoms with Crippen molar-refractivity contribution in [2.45, 2.75) is 31.9 Å². The van der Waals surface area contributed by atoms with E-state index in [0.29, 0.717) is 12.8 Å². The molecule has 0 amide bonds. The third kappa shape index (κ3) is 3.88. The minimum atomic E-state index is -1.04. The molecule has 17 heavy (non-hydrogen) atoms. The Morgan fingerprint density at radius 3 is 2.53 bits per heavy atom. The van der Waals surface area contributed by atoms with Gasteiger partial charge in [-0.2, -0.15) is 0 Å². The number of hydrogen-bond acceptors (Lipinski definition) is 2. The van der Waals surface area contributed by atoms with Crippen LogP contribution in [-0.4, -0.2) is 11.2 Å². The van der Waals surface area contributed by atoms with Crippen LogP contribution in [0.15, 0.2) is 16.6 Å². The summed E-state index contributed by atoms with van der Waals surface area (Å²) in [5, 5.41) is 9.64. The largest absolute Gasteiger partial charge is 0.391 e. The molecule has 0 bridgehead atoms. The van der Waals surface area contributed by atoms with Crippen LogP contribution in [0.2, 0.25) is 0 Å². The Morgan fingerprint density at radius 1 is 1.41 bits per heavy atom. The molecule has 98 valence electrons. The van der Waals surface area contributed by atoms with Crippen LogP contribution >= 0.6 is 28.3 Å². The molecule has 0 saturated carbocycles. The Kier molecular flexibility index (Phi) is 7.16. The molecule has 0 aliphatic heterocycles. The maximum absolute atomic E-state index is 13.6. The molecule has 1 aromatic rings. The summed E-state index contributed by atoms with van der Waals surface area (Å²) in [6.45, 7) is 1.86. The number of nitrogens with two attached hydrogens (primary N) is 1. The van der Waals surface area contributed by atoms with E-state index in [1.165, 1.54) is 6.07 Å².